The van der Waals surface area contributed by atoms with E-state index in [9.17, 15) is 0 Å². The number of rotatable bonds is 4. The second-order valence-electron chi connectivity index (χ2n) is 13.4. The molecule has 12 aromatic rings. The molecule has 5 heterocycles. The Morgan fingerprint density at radius 2 is 1.04 bits per heavy atom. The molecule has 0 amide bonds. The SMILES string of the molecule is c1ccc(-c2cc(-c3ccccc3)nc(-c3ccc(-n4c5ccc6oc7ccc8c9ccccc9n9c%10cccc4c%10c5c6c7c89)cc3)n2)cc1. The molecular formula is C46H26N4O. The Bertz CT molecular complexity index is 3220. The summed E-state index contributed by atoms with van der Waals surface area (Å²) in [6.07, 6.45) is 0. The van der Waals surface area contributed by atoms with Gasteiger partial charge in [-0.2, -0.15) is 0 Å². The topological polar surface area (TPSA) is 48.3 Å². The van der Waals surface area contributed by atoms with E-state index in [2.05, 4.69) is 130 Å². The van der Waals surface area contributed by atoms with E-state index in [1.807, 2.05) is 36.4 Å². The molecule has 0 spiro atoms. The van der Waals surface area contributed by atoms with Gasteiger partial charge >= 0.3 is 0 Å². The third-order valence-corrected chi connectivity index (χ3v) is 10.7. The van der Waals surface area contributed by atoms with E-state index in [1.54, 1.807) is 0 Å². The monoisotopic (exact) mass is 650 g/mol. The molecule has 0 aliphatic heterocycles. The van der Waals surface area contributed by atoms with Gasteiger partial charge in [0.15, 0.2) is 5.82 Å². The number of hydrogen-bond donors (Lipinski definition) is 0. The maximum atomic E-state index is 6.56. The molecule has 0 radical (unpaired) electrons. The van der Waals surface area contributed by atoms with Crippen molar-refractivity contribution in [1.29, 1.82) is 0 Å². The van der Waals surface area contributed by atoms with E-state index in [-0.39, 0.29) is 0 Å². The summed E-state index contributed by atoms with van der Waals surface area (Å²) in [6.45, 7) is 0. The zero-order valence-electron chi connectivity index (χ0n) is 27.2. The lowest BCUT2D eigenvalue weighted by atomic mass is 10.0. The van der Waals surface area contributed by atoms with Crippen molar-refractivity contribution < 1.29 is 4.42 Å². The average Bonchev–Trinajstić information content (AvgIpc) is 3.83. The smallest absolute Gasteiger partial charge is 0.160 e. The Kier molecular flexibility index (Phi) is 5.17. The van der Waals surface area contributed by atoms with Gasteiger partial charge in [0.1, 0.15) is 11.2 Å². The van der Waals surface area contributed by atoms with E-state index in [4.69, 9.17) is 14.4 Å². The van der Waals surface area contributed by atoms with Crippen molar-refractivity contribution in [3.8, 4) is 39.6 Å². The molecule has 5 heteroatoms. The summed E-state index contributed by atoms with van der Waals surface area (Å²) in [6, 6.07) is 55.5. The van der Waals surface area contributed by atoms with Crippen LogP contribution in [0, 0.1) is 0 Å². The van der Waals surface area contributed by atoms with Crippen molar-refractivity contribution in [2.75, 3.05) is 0 Å². The van der Waals surface area contributed by atoms with Gasteiger partial charge in [0.05, 0.1) is 44.4 Å². The molecule has 51 heavy (non-hydrogen) atoms. The Balaban J connectivity index is 1.11. The van der Waals surface area contributed by atoms with Gasteiger partial charge in [0.2, 0.25) is 0 Å². The van der Waals surface area contributed by atoms with Crippen LogP contribution in [0.15, 0.2) is 162 Å². The van der Waals surface area contributed by atoms with Crippen LogP contribution in [0.3, 0.4) is 0 Å². The summed E-state index contributed by atoms with van der Waals surface area (Å²) in [5.41, 5.74) is 13.7. The van der Waals surface area contributed by atoms with E-state index < -0.39 is 0 Å². The van der Waals surface area contributed by atoms with Gasteiger partial charge in [-0.3, -0.25) is 0 Å². The molecule has 5 aromatic heterocycles. The molecule has 0 saturated carbocycles. The fraction of sp³-hybridized carbons (Fsp3) is 0. The molecule has 0 unspecified atom stereocenters. The second kappa shape index (κ2) is 9.80. The Morgan fingerprint density at radius 1 is 0.412 bits per heavy atom. The van der Waals surface area contributed by atoms with Crippen molar-refractivity contribution in [1.82, 2.24) is 18.9 Å². The first-order valence-corrected chi connectivity index (χ1v) is 17.3. The fourth-order valence-corrected chi connectivity index (χ4v) is 8.49. The van der Waals surface area contributed by atoms with Crippen LogP contribution >= 0.6 is 0 Å². The fourth-order valence-electron chi connectivity index (χ4n) is 8.49. The highest BCUT2D eigenvalue weighted by molar-refractivity contribution is 6.37. The van der Waals surface area contributed by atoms with E-state index in [1.165, 1.54) is 48.9 Å². The first-order chi connectivity index (χ1) is 25.3. The molecule has 0 saturated heterocycles. The molecule has 0 fully saturated rings. The van der Waals surface area contributed by atoms with Gasteiger partial charge < -0.3 is 13.4 Å². The predicted octanol–water partition coefficient (Wildman–Crippen LogP) is 11.9. The van der Waals surface area contributed by atoms with Gasteiger partial charge in [0, 0.05) is 49.3 Å². The number of para-hydroxylation sites is 1. The molecule has 0 aliphatic carbocycles. The highest BCUT2D eigenvalue weighted by Crippen LogP contribution is 2.48. The van der Waals surface area contributed by atoms with Crippen LogP contribution in [-0.2, 0) is 0 Å². The Labute approximate surface area is 290 Å². The number of aromatic nitrogens is 4. The molecule has 0 N–H and O–H groups in total. The Morgan fingerprint density at radius 3 is 1.80 bits per heavy atom. The van der Waals surface area contributed by atoms with Crippen LogP contribution in [0.1, 0.15) is 0 Å². The highest BCUT2D eigenvalue weighted by Gasteiger charge is 2.26. The zero-order valence-corrected chi connectivity index (χ0v) is 27.2. The van der Waals surface area contributed by atoms with E-state index in [0.717, 1.165) is 56.0 Å². The lowest BCUT2D eigenvalue weighted by molar-refractivity contribution is 0.669. The van der Waals surface area contributed by atoms with Gasteiger partial charge in [-0.25, -0.2) is 9.97 Å². The van der Waals surface area contributed by atoms with Crippen molar-refractivity contribution >= 4 is 71.1 Å². The van der Waals surface area contributed by atoms with Crippen molar-refractivity contribution in [2.24, 2.45) is 0 Å². The summed E-state index contributed by atoms with van der Waals surface area (Å²) in [5.74, 6) is 0.697. The van der Waals surface area contributed by atoms with Crippen LogP contribution < -0.4 is 0 Å². The third kappa shape index (κ3) is 3.59. The summed E-state index contributed by atoms with van der Waals surface area (Å²) in [5, 5.41) is 7.32. The van der Waals surface area contributed by atoms with E-state index in [0.29, 0.717) is 5.82 Å². The molecule has 7 aromatic carbocycles. The molecule has 0 atom stereocenters. The van der Waals surface area contributed by atoms with Crippen LogP contribution in [0.5, 0.6) is 0 Å². The Hall–Kier alpha value is -6.98. The number of nitrogens with zero attached hydrogens (tertiary/aromatic N) is 4. The van der Waals surface area contributed by atoms with Gasteiger partial charge in [0.25, 0.3) is 0 Å². The third-order valence-electron chi connectivity index (χ3n) is 10.7. The quantitative estimate of drug-likeness (QED) is 0.190. The maximum absolute atomic E-state index is 6.56. The van der Waals surface area contributed by atoms with Crippen LogP contribution in [-0.4, -0.2) is 18.9 Å². The minimum atomic E-state index is 0.697. The lowest BCUT2D eigenvalue weighted by Gasteiger charge is -2.11. The normalized spacial score (nSPS) is 12.3. The molecule has 0 bridgehead atoms. The van der Waals surface area contributed by atoms with Gasteiger partial charge in [-0.1, -0.05) is 84.9 Å². The summed E-state index contributed by atoms with van der Waals surface area (Å²) in [4.78, 5) is 10.1. The van der Waals surface area contributed by atoms with Gasteiger partial charge in [-0.05, 0) is 72.8 Å². The zero-order chi connectivity index (χ0) is 33.2. The van der Waals surface area contributed by atoms with E-state index >= 15 is 0 Å². The standard InChI is InChI=1S/C46H26N4O/c1-3-10-27(11-4-1)33-26-34(28-12-5-2-6-13-28)48-46(47-33)29-18-20-30(21-19-29)49-36-16-9-17-37-41(36)42-38(49)23-25-39-43(42)44-40(51-39)24-22-32-31-14-7-8-15-35(31)50(37)45(32)44/h1-26H. The molecule has 236 valence electrons. The summed E-state index contributed by atoms with van der Waals surface area (Å²) < 4.78 is 11.4. The number of benzene rings is 7. The van der Waals surface area contributed by atoms with Crippen LogP contribution in [0.4, 0.5) is 0 Å². The van der Waals surface area contributed by atoms with Crippen molar-refractivity contribution in [2.45, 2.75) is 0 Å². The number of furan rings is 1. The minimum Gasteiger partial charge on any atom is -0.456 e. The van der Waals surface area contributed by atoms with Crippen molar-refractivity contribution in [3.63, 3.8) is 0 Å². The van der Waals surface area contributed by atoms with Crippen molar-refractivity contribution in [3.05, 3.63) is 158 Å². The minimum absolute atomic E-state index is 0.697. The second-order valence-corrected chi connectivity index (χ2v) is 13.4. The lowest BCUT2D eigenvalue weighted by Crippen LogP contribution is -1.97. The van der Waals surface area contributed by atoms with Gasteiger partial charge in [-0.15, -0.1) is 0 Å². The largest absolute Gasteiger partial charge is 0.456 e. The average molecular weight is 651 g/mol. The number of fused-ring (bicyclic) bond motifs is 4. The summed E-state index contributed by atoms with van der Waals surface area (Å²) in [7, 11) is 0. The predicted molar refractivity (Wildman–Crippen MR) is 208 cm³/mol. The molecule has 5 nitrogen and oxygen atoms in total. The first-order valence-electron chi connectivity index (χ1n) is 17.3. The first kappa shape index (κ1) is 26.9. The van der Waals surface area contributed by atoms with Crippen LogP contribution in [0.2, 0.25) is 0 Å². The highest BCUT2D eigenvalue weighted by atomic mass is 16.3. The molecule has 0 aliphatic rings. The van der Waals surface area contributed by atoms with Crippen LogP contribution in [0.25, 0.3) is 111 Å². The molecule has 12 rings (SSSR count). The molecular weight excluding hydrogens is 625 g/mol. The maximum Gasteiger partial charge on any atom is 0.160 e. The summed E-state index contributed by atoms with van der Waals surface area (Å²) >= 11 is 0. The number of hydrogen-bond acceptors (Lipinski definition) is 3.